The maximum absolute atomic E-state index is 13.7. The molecule has 1 aromatic carbocycles. The van der Waals surface area contributed by atoms with E-state index in [4.69, 9.17) is 4.74 Å². The number of ether oxygens (including phenoxy) is 1. The molecule has 1 N–H and O–H groups in total. The number of likely N-dealkylation sites (tertiary alicyclic amines) is 1. The molecule has 0 saturated carbocycles. The second kappa shape index (κ2) is 9.66. The predicted octanol–water partition coefficient (Wildman–Crippen LogP) is 1.79. The summed E-state index contributed by atoms with van der Waals surface area (Å²) >= 11 is 0. The summed E-state index contributed by atoms with van der Waals surface area (Å²) < 4.78 is 5.72. The van der Waals surface area contributed by atoms with Crippen molar-refractivity contribution in [1.29, 1.82) is 0 Å². The summed E-state index contributed by atoms with van der Waals surface area (Å²) in [6.07, 6.45) is 0.602. The monoisotopic (exact) mass is 470 g/mol. The second-order valence-corrected chi connectivity index (χ2v) is 11.0. The number of fused-ring (bicyclic) bond motifs is 1. The summed E-state index contributed by atoms with van der Waals surface area (Å²) in [6, 6.07) is 6.30. The fraction of sp³-hybridized carbons (Fsp3) is 0.654. The van der Waals surface area contributed by atoms with Crippen LogP contribution in [0, 0.1) is 11.3 Å². The summed E-state index contributed by atoms with van der Waals surface area (Å²) in [7, 11) is 2.12. The van der Waals surface area contributed by atoms with Crippen molar-refractivity contribution in [3.63, 3.8) is 0 Å². The summed E-state index contributed by atoms with van der Waals surface area (Å²) in [5.74, 6) is -0.402. The molecule has 0 aromatic heterocycles. The average molecular weight is 471 g/mol. The van der Waals surface area contributed by atoms with Crippen molar-refractivity contribution < 1.29 is 19.1 Å². The number of ketones is 1. The summed E-state index contributed by atoms with van der Waals surface area (Å²) in [5, 5.41) is 2.98. The fourth-order valence-electron chi connectivity index (χ4n) is 5.26. The molecule has 3 fully saturated rings. The first-order valence-corrected chi connectivity index (χ1v) is 12.4. The van der Waals surface area contributed by atoms with Gasteiger partial charge < -0.3 is 24.8 Å². The Morgan fingerprint density at radius 2 is 1.76 bits per heavy atom. The number of carbonyl (C=O) groups excluding carboxylic acids is 3. The van der Waals surface area contributed by atoms with Crippen molar-refractivity contribution in [3.8, 4) is 0 Å². The van der Waals surface area contributed by atoms with Crippen LogP contribution >= 0.6 is 0 Å². The van der Waals surface area contributed by atoms with Crippen molar-refractivity contribution >= 4 is 23.3 Å². The van der Waals surface area contributed by atoms with E-state index >= 15 is 0 Å². The van der Waals surface area contributed by atoms with Gasteiger partial charge in [0.15, 0.2) is 5.78 Å². The molecule has 2 amide bonds. The third-order valence-electron chi connectivity index (χ3n) is 7.48. The molecular weight excluding hydrogens is 432 g/mol. The number of nitrogens with zero attached hydrogens (tertiary/aromatic N) is 3. The first-order valence-electron chi connectivity index (χ1n) is 12.4. The molecule has 1 unspecified atom stereocenters. The third-order valence-corrected chi connectivity index (χ3v) is 7.48. The molecule has 0 radical (unpaired) electrons. The van der Waals surface area contributed by atoms with Crippen molar-refractivity contribution in [3.05, 3.63) is 29.8 Å². The lowest BCUT2D eigenvalue weighted by Gasteiger charge is -2.35. The lowest BCUT2D eigenvalue weighted by atomic mass is 9.85. The van der Waals surface area contributed by atoms with Gasteiger partial charge in [-0.15, -0.1) is 0 Å². The number of carbonyl (C=O) groups is 3. The number of nitrogens with one attached hydrogen (secondary N) is 1. The Morgan fingerprint density at radius 1 is 1.12 bits per heavy atom. The Morgan fingerprint density at radius 3 is 2.35 bits per heavy atom. The van der Waals surface area contributed by atoms with Crippen LogP contribution in [-0.2, 0) is 14.3 Å². The summed E-state index contributed by atoms with van der Waals surface area (Å²) in [6.45, 7) is 12.4. The number of hydrogen-bond donors (Lipinski definition) is 1. The maximum atomic E-state index is 13.7. The zero-order valence-electron chi connectivity index (χ0n) is 21.0. The van der Waals surface area contributed by atoms with Crippen LogP contribution in [0.4, 0.5) is 5.69 Å². The highest BCUT2D eigenvalue weighted by Gasteiger charge is 2.53. The molecule has 3 saturated heterocycles. The number of hydrogen-bond acceptors (Lipinski definition) is 6. The smallest absolute Gasteiger partial charge is 0.251 e. The molecule has 1 aromatic rings. The molecule has 0 aliphatic carbocycles. The van der Waals surface area contributed by atoms with Gasteiger partial charge in [0.2, 0.25) is 5.91 Å². The zero-order chi connectivity index (χ0) is 24.6. The first-order chi connectivity index (χ1) is 16.1. The van der Waals surface area contributed by atoms with E-state index in [0.29, 0.717) is 12.1 Å². The highest BCUT2D eigenvalue weighted by molar-refractivity contribution is 5.99. The molecule has 0 spiro atoms. The van der Waals surface area contributed by atoms with Crippen molar-refractivity contribution in [2.45, 2.75) is 52.3 Å². The number of anilines is 1. The largest absolute Gasteiger partial charge is 0.369 e. The molecule has 8 nitrogen and oxygen atoms in total. The van der Waals surface area contributed by atoms with Crippen molar-refractivity contribution in [2.75, 3.05) is 51.3 Å². The average Bonchev–Trinajstić information content (AvgIpc) is 3.37. The first kappa shape index (κ1) is 24.7. The minimum absolute atomic E-state index is 0.0484. The van der Waals surface area contributed by atoms with Gasteiger partial charge in [-0.3, -0.25) is 14.4 Å². The number of Topliss-reactive ketones (excluding diaryl/α,β-unsaturated/α-hetero) is 1. The van der Waals surface area contributed by atoms with Crippen LogP contribution in [0.1, 0.15) is 44.5 Å². The number of piperazine rings is 1. The van der Waals surface area contributed by atoms with Crippen LogP contribution in [-0.4, -0.2) is 92.0 Å². The van der Waals surface area contributed by atoms with E-state index < -0.39 is 17.5 Å². The van der Waals surface area contributed by atoms with Crippen LogP contribution in [0.3, 0.4) is 0 Å². The molecule has 3 aliphatic heterocycles. The summed E-state index contributed by atoms with van der Waals surface area (Å²) in [5.41, 5.74) is 1.10. The number of likely N-dealkylation sites (N-methyl/N-ethyl adjacent to an activating group) is 1. The minimum atomic E-state index is -0.748. The normalized spacial score (nSPS) is 26.5. The fourth-order valence-corrected chi connectivity index (χ4v) is 5.26. The lowest BCUT2D eigenvalue weighted by Crippen LogP contribution is -2.57. The molecule has 34 heavy (non-hydrogen) atoms. The van der Waals surface area contributed by atoms with Gasteiger partial charge in [-0.2, -0.15) is 0 Å². The standard InChI is InChI=1S/C26H38N4O4/c1-6-17-15-30(21-20(31)16-34-22(17)21)25(33)23(26(2,3)4)27-24(32)18-7-9-19(10-8-18)29-13-11-28(5)12-14-29/h7-10,17,21-23H,6,11-16H2,1-5H3,(H,27,32)/t17-,21-,22+,23?/m1/s1. The second-order valence-electron chi connectivity index (χ2n) is 11.0. The van der Waals surface area contributed by atoms with E-state index in [-0.39, 0.29) is 36.2 Å². The number of rotatable bonds is 5. The third kappa shape index (κ3) is 4.84. The van der Waals surface area contributed by atoms with Gasteiger partial charge in [0.1, 0.15) is 18.7 Å². The Hall–Kier alpha value is -2.45. The highest BCUT2D eigenvalue weighted by Crippen LogP contribution is 2.35. The van der Waals surface area contributed by atoms with E-state index in [9.17, 15) is 14.4 Å². The van der Waals surface area contributed by atoms with Crippen LogP contribution < -0.4 is 10.2 Å². The maximum Gasteiger partial charge on any atom is 0.251 e. The van der Waals surface area contributed by atoms with Crippen LogP contribution in [0.5, 0.6) is 0 Å². The SMILES string of the molecule is CC[C@@H]1CN(C(=O)C(NC(=O)c2ccc(N3CCN(C)CC3)cc2)C(C)(C)C)[C@@H]2C(=O)CO[C@@H]12. The Balaban J connectivity index is 1.48. The van der Waals surface area contributed by atoms with E-state index in [1.807, 2.05) is 45.0 Å². The Kier molecular flexibility index (Phi) is 7.01. The topological polar surface area (TPSA) is 82.2 Å². The highest BCUT2D eigenvalue weighted by atomic mass is 16.5. The van der Waals surface area contributed by atoms with Gasteiger partial charge in [0.25, 0.3) is 5.91 Å². The van der Waals surface area contributed by atoms with Crippen LogP contribution in [0.25, 0.3) is 0 Å². The number of amides is 2. The summed E-state index contributed by atoms with van der Waals surface area (Å²) in [4.78, 5) is 45.6. The van der Waals surface area contributed by atoms with Gasteiger partial charge in [0, 0.05) is 49.9 Å². The zero-order valence-corrected chi connectivity index (χ0v) is 21.0. The molecule has 0 bridgehead atoms. The van der Waals surface area contributed by atoms with E-state index in [1.165, 1.54) is 0 Å². The predicted molar refractivity (Wildman–Crippen MR) is 131 cm³/mol. The number of benzene rings is 1. The molecule has 186 valence electrons. The molecule has 8 heteroatoms. The van der Waals surface area contributed by atoms with Gasteiger partial charge in [-0.1, -0.05) is 27.7 Å². The lowest BCUT2D eigenvalue weighted by molar-refractivity contribution is -0.140. The van der Waals surface area contributed by atoms with Gasteiger partial charge in [-0.05, 0) is 43.1 Å². The molecule has 3 aliphatic rings. The van der Waals surface area contributed by atoms with Crippen LogP contribution in [0.15, 0.2) is 24.3 Å². The quantitative estimate of drug-likeness (QED) is 0.707. The molecule has 4 rings (SSSR count). The molecule has 4 atom stereocenters. The molecular formula is C26H38N4O4. The van der Waals surface area contributed by atoms with E-state index in [2.05, 4.69) is 29.1 Å². The van der Waals surface area contributed by atoms with E-state index in [1.54, 1.807) is 4.90 Å². The van der Waals surface area contributed by atoms with Gasteiger partial charge in [0.05, 0.1) is 6.10 Å². The van der Waals surface area contributed by atoms with E-state index in [0.717, 1.165) is 38.3 Å². The Labute approximate surface area is 202 Å². The van der Waals surface area contributed by atoms with Gasteiger partial charge >= 0.3 is 0 Å². The van der Waals surface area contributed by atoms with Crippen molar-refractivity contribution in [2.24, 2.45) is 11.3 Å². The van der Waals surface area contributed by atoms with Crippen molar-refractivity contribution in [1.82, 2.24) is 15.1 Å². The van der Waals surface area contributed by atoms with Gasteiger partial charge in [-0.25, -0.2) is 0 Å². The van der Waals surface area contributed by atoms with Crippen LogP contribution in [0.2, 0.25) is 0 Å². The molecule has 3 heterocycles. The Bertz CT molecular complexity index is 918. The minimum Gasteiger partial charge on any atom is -0.369 e.